The molecule has 1 aromatic carbocycles. The molecule has 0 amide bonds. The Balaban J connectivity index is 0.00000312. The molecule has 0 radical (unpaired) electrons. The highest BCUT2D eigenvalue weighted by molar-refractivity contribution is 14.0. The number of aromatic nitrogens is 2. The Labute approximate surface area is 167 Å². The van der Waals surface area contributed by atoms with Crippen molar-refractivity contribution < 1.29 is 0 Å². The molecule has 7 heteroatoms. The molecule has 6 nitrogen and oxygen atoms in total. The summed E-state index contributed by atoms with van der Waals surface area (Å²) in [5, 5.41) is 10.8. The molecule has 0 aliphatic carbocycles. The van der Waals surface area contributed by atoms with Crippen LogP contribution in [0.5, 0.6) is 0 Å². The minimum Gasteiger partial charge on any atom is -0.375 e. The molecule has 0 unspecified atom stereocenters. The van der Waals surface area contributed by atoms with Gasteiger partial charge in [-0.3, -0.25) is 9.67 Å². The molecule has 25 heavy (non-hydrogen) atoms. The molecule has 138 valence electrons. The number of unbranched alkanes of at least 4 members (excludes halogenated alkanes) is 1. The quantitative estimate of drug-likeness (QED) is 0.278. The molecule has 1 aromatic heterocycles. The average molecular weight is 456 g/mol. The van der Waals surface area contributed by atoms with Crippen LogP contribution in [0.2, 0.25) is 0 Å². The molecule has 0 spiro atoms. The van der Waals surface area contributed by atoms with Gasteiger partial charge in [-0.1, -0.05) is 18.2 Å². The predicted molar refractivity (Wildman–Crippen MR) is 116 cm³/mol. The number of benzene rings is 1. The molecule has 1 heterocycles. The fourth-order valence-corrected chi connectivity index (χ4v) is 2.46. The van der Waals surface area contributed by atoms with Crippen molar-refractivity contribution in [3.8, 4) is 0 Å². The van der Waals surface area contributed by atoms with E-state index in [-0.39, 0.29) is 24.0 Å². The van der Waals surface area contributed by atoms with Crippen molar-refractivity contribution >= 4 is 35.6 Å². The van der Waals surface area contributed by atoms with E-state index in [0.717, 1.165) is 37.6 Å². The summed E-state index contributed by atoms with van der Waals surface area (Å²) in [5.74, 6) is 0.826. The summed E-state index contributed by atoms with van der Waals surface area (Å²) in [7, 11) is 5.87. The third kappa shape index (κ3) is 7.33. The van der Waals surface area contributed by atoms with Gasteiger partial charge in [-0.05, 0) is 31.0 Å². The molecular weight excluding hydrogens is 427 g/mol. The van der Waals surface area contributed by atoms with E-state index in [1.54, 1.807) is 13.2 Å². The average Bonchev–Trinajstić information content (AvgIpc) is 3.03. The second-order valence-corrected chi connectivity index (χ2v) is 5.76. The van der Waals surface area contributed by atoms with Crippen LogP contribution in [-0.4, -0.2) is 42.9 Å². The lowest BCUT2D eigenvalue weighted by Gasteiger charge is -2.19. The zero-order valence-electron chi connectivity index (χ0n) is 15.3. The second kappa shape index (κ2) is 11.7. The Bertz CT molecular complexity index is 626. The Morgan fingerprint density at radius 1 is 1.16 bits per heavy atom. The third-order valence-corrected chi connectivity index (χ3v) is 3.99. The van der Waals surface area contributed by atoms with Crippen molar-refractivity contribution in [3.63, 3.8) is 0 Å². The Morgan fingerprint density at radius 3 is 2.56 bits per heavy atom. The SMILES string of the molecule is CN=C(NCCCCN(C)c1ccccc1)NCc1ccnn1C.I. The molecule has 0 bridgehead atoms. The van der Waals surface area contributed by atoms with Crippen LogP contribution in [0.4, 0.5) is 5.69 Å². The van der Waals surface area contributed by atoms with Crippen LogP contribution < -0.4 is 15.5 Å². The van der Waals surface area contributed by atoms with E-state index in [4.69, 9.17) is 0 Å². The lowest BCUT2D eigenvalue weighted by atomic mass is 10.2. The van der Waals surface area contributed by atoms with Crippen LogP contribution >= 0.6 is 24.0 Å². The third-order valence-electron chi connectivity index (χ3n) is 3.99. The van der Waals surface area contributed by atoms with Crippen molar-refractivity contribution in [1.29, 1.82) is 0 Å². The van der Waals surface area contributed by atoms with Crippen molar-refractivity contribution in [2.45, 2.75) is 19.4 Å². The van der Waals surface area contributed by atoms with Gasteiger partial charge in [0.15, 0.2) is 5.96 Å². The van der Waals surface area contributed by atoms with Gasteiger partial charge in [-0.2, -0.15) is 5.10 Å². The summed E-state index contributed by atoms with van der Waals surface area (Å²) in [5.41, 5.74) is 2.39. The molecule has 2 N–H and O–H groups in total. The maximum Gasteiger partial charge on any atom is 0.191 e. The number of nitrogens with one attached hydrogen (secondary N) is 2. The van der Waals surface area contributed by atoms with Gasteiger partial charge in [0.1, 0.15) is 0 Å². The first-order chi connectivity index (χ1) is 11.7. The van der Waals surface area contributed by atoms with Crippen LogP contribution in [0.1, 0.15) is 18.5 Å². The Hall–Kier alpha value is -1.77. The first kappa shape index (κ1) is 21.3. The number of aryl methyl sites for hydroxylation is 1. The number of para-hydroxylation sites is 1. The van der Waals surface area contributed by atoms with E-state index in [1.165, 1.54) is 5.69 Å². The van der Waals surface area contributed by atoms with Gasteiger partial charge < -0.3 is 15.5 Å². The van der Waals surface area contributed by atoms with E-state index in [2.05, 4.69) is 56.9 Å². The van der Waals surface area contributed by atoms with Gasteiger partial charge >= 0.3 is 0 Å². The minimum atomic E-state index is 0. The molecule has 0 atom stereocenters. The maximum atomic E-state index is 4.25. The summed E-state index contributed by atoms with van der Waals surface area (Å²) in [6, 6.07) is 12.5. The molecule has 2 rings (SSSR count). The number of rotatable bonds is 8. The second-order valence-electron chi connectivity index (χ2n) is 5.76. The first-order valence-electron chi connectivity index (χ1n) is 8.38. The topological polar surface area (TPSA) is 57.5 Å². The highest BCUT2D eigenvalue weighted by atomic mass is 127. The number of hydrogen-bond acceptors (Lipinski definition) is 3. The number of anilines is 1. The number of nitrogens with zero attached hydrogens (tertiary/aromatic N) is 4. The summed E-state index contributed by atoms with van der Waals surface area (Å²) in [4.78, 5) is 6.54. The van der Waals surface area contributed by atoms with Crippen LogP contribution in [0.3, 0.4) is 0 Å². The summed E-state index contributed by atoms with van der Waals surface area (Å²) < 4.78 is 1.86. The van der Waals surface area contributed by atoms with Gasteiger partial charge in [-0.25, -0.2) is 0 Å². The number of hydrogen-bond donors (Lipinski definition) is 2. The Morgan fingerprint density at radius 2 is 1.92 bits per heavy atom. The van der Waals surface area contributed by atoms with Crippen LogP contribution in [-0.2, 0) is 13.6 Å². The predicted octanol–water partition coefficient (Wildman–Crippen LogP) is 2.62. The number of guanidine groups is 1. The normalized spacial score (nSPS) is 10.9. The number of halogens is 1. The summed E-state index contributed by atoms with van der Waals surface area (Å²) >= 11 is 0. The monoisotopic (exact) mass is 456 g/mol. The van der Waals surface area contributed by atoms with Crippen LogP contribution in [0, 0.1) is 0 Å². The van der Waals surface area contributed by atoms with Gasteiger partial charge in [0.05, 0.1) is 12.2 Å². The lowest BCUT2D eigenvalue weighted by Crippen LogP contribution is -2.37. The van der Waals surface area contributed by atoms with Crippen molar-refractivity contribution in [3.05, 3.63) is 48.3 Å². The highest BCUT2D eigenvalue weighted by Crippen LogP contribution is 2.11. The molecule has 2 aromatic rings. The van der Waals surface area contributed by atoms with E-state index in [9.17, 15) is 0 Å². The molecular formula is C18H29IN6. The van der Waals surface area contributed by atoms with Crippen molar-refractivity contribution in [1.82, 2.24) is 20.4 Å². The summed E-state index contributed by atoms with van der Waals surface area (Å²) in [6.07, 6.45) is 4.04. The van der Waals surface area contributed by atoms with Crippen LogP contribution in [0.15, 0.2) is 47.6 Å². The van der Waals surface area contributed by atoms with Crippen molar-refractivity contribution in [2.24, 2.45) is 12.0 Å². The smallest absolute Gasteiger partial charge is 0.191 e. The molecule has 0 fully saturated rings. The fourth-order valence-electron chi connectivity index (χ4n) is 2.46. The van der Waals surface area contributed by atoms with Gasteiger partial charge in [0, 0.05) is 46.1 Å². The summed E-state index contributed by atoms with van der Waals surface area (Å²) in [6.45, 7) is 2.67. The molecule has 0 aliphatic heterocycles. The standard InChI is InChI=1S/C18H28N6.HI/c1-19-18(21-15-17-11-13-22-24(17)3)20-12-7-8-14-23(2)16-9-5-4-6-10-16;/h4-6,9-11,13H,7-8,12,14-15H2,1-3H3,(H2,19,20,21);1H. The highest BCUT2D eigenvalue weighted by Gasteiger charge is 2.02. The van der Waals surface area contributed by atoms with E-state index in [0.29, 0.717) is 6.54 Å². The van der Waals surface area contributed by atoms with Gasteiger partial charge in [0.25, 0.3) is 0 Å². The maximum absolute atomic E-state index is 4.25. The first-order valence-corrected chi connectivity index (χ1v) is 8.38. The lowest BCUT2D eigenvalue weighted by molar-refractivity contribution is 0.667. The minimum absolute atomic E-state index is 0. The Kier molecular flexibility index (Phi) is 9.98. The zero-order valence-corrected chi connectivity index (χ0v) is 17.6. The van der Waals surface area contributed by atoms with Gasteiger partial charge in [-0.15, -0.1) is 24.0 Å². The number of aliphatic imine (C=N–C) groups is 1. The van der Waals surface area contributed by atoms with E-state index in [1.807, 2.05) is 23.9 Å². The fraction of sp³-hybridized carbons (Fsp3) is 0.444. The zero-order chi connectivity index (χ0) is 17.2. The van der Waals surface area contributed by atoms with E-state index < -0.39 is 0 Å². The molecule has 0 saturated carbocycles. The molecule has 0 saturated heterocycles. The van der Waals surface area contributed by atoms with Gasteiger partial charge in [0.2, 0.25) is 0 Å². The largest absolute Gasteiger partial charge is 0.375 e. The van der Waals surface area contributed by atoms with E-state index >= 15 is 0 Å². The van der Waals surface area contributed by atoms with Crippen LogP contribution in [0.25, 0.3) is 0 Å². The van der Waals surface area contributed by atoms with Crippen molar-refractivity contribution in [2.75, 3.05) is 32.1 Å². The molecule has 0 aliphatic rings.